The predicted molar refractivity (Wildman–Crippen MR) is 113 cm³/mol. The van der Waals surface area contributed by atoms with Crippen LogP contribution in [0.2, 0.25) is 0 Å². The number of benzene rings is 2. The standard InChI is InChI=1S/C22H18F3N5O2/c23-22(24,25)13-5-3-6-14(11-13)30-15-7-2-1-4-12(15)10-16(30)18-17-19(26)28-21(31)29-20(17)32-9-8-27-18/h1-7,10-11,18,27H,8-9H2,(H3,26,28,29,31). The van der Waals surface area contributed by atoms with Gasteiger partial charge in [-0.2, -0.15) is 18.2 Å². The Balaban J connectivity index is 1.79. The molecule has 4 aromatic rings. The molecule has 0 radical (unpaired) electrons. The summed E-state index contributed by atoms with van der Waals surface area (Å²) in [6, 6.07) is 13.8. The number of nitrogens with one attached hydrogen (secondary N) is 2. The second-order valence-electron chi connectivity index (χ2n) is 7.42. The van der Waals surface area contributed by atoms with Crippen LogP contribution in [0.25, 0.3) is 16.6 Å². The Labute approximate surface area is 179 Å². The van der Waals surface area contributed by atoms with Gasteiger partial charge < -0.3 is 20.4 Å². The Morgan fingerprint density at radius 2 is 1.94 bits per heavy atom. The van der Waals surface area contributed by atoms with Crippen molar-refractivity contribution >= 4 is 16.7 Å². The molecular weight excluding hydrogens is 423 g/mol. The van der Waals surface area contributed by atoms with E-state index in [0.717, 1.165) is 23.0 Å². The molecule has 1 aliphatic rings. The highest BCUT2D eigenvalue weighted by Crippen LogP contribution is 2.38. The average molecular weight is 441 g/mol. The van der Waals surface area contributed by atoms with Gasteiger partial charge in [0.1, 0.15) is 12.4 Å². The monoisotopic (exact) mass is 441 g/mol. The first-order valence-corrected chi connectivity index (χ1v) is 9.87. The number of ether oxygens (including phenoxy) is 1. The van der Waals surface area contributed by atoms with E-state index in [-0.39, 0.29) is 18.3 Å². The Morgan fingerprint density at radius 1 is 1.12 bits per heavy atom. The molecule has 7 nitrogen and oxygen atoms in total. The summed E-state index contributed by atoms with van der Waals surface area (Å²) < 4.78 is 47.6. The van der Waals surface area contributed by atoms with Crippen LogP contribution in [-0.4, -0.2) is 27.7 Å². The highest BCUT2D eigenvalue weighted by Gasteiger charge is 2.32. The third-order valence-corrected chi connectivity index (χ3v) is 5.41. The van der Waals surface area contributed by atoms with Gasteiger partial charge in [-0.15, -0.1) is 0 Å². The first-order chi connectivity index (χ1) is 15.3. The van der Waals surface area contributed by atoms with E-state index in [9.17, 15) is 18.0 Å². The lowest BCUT2D eigenvalue weighted by atomic mass is 10.0. The third kappa shape index (κ3) is 3.38. The number of para-hydroxylation sites is 1. The maximum absolute atomic E-state index is 13.4. The summed E-state index contributed by atoms with van der Waals surface area (Å²) in [5.41, 5.74) is 6.88. The van der Waals surface area contributed by atoms with E-state index in [4.69, 9.17) is 10.5 Å². The van der Waals surface area contributed by atoms with Gasteiger partial charge in [0.05, 0.1) is 22.7 Å². The number of anilines is 1. The van der Waals surface area contributed by atoms with Crippen molar-refractivity contribution < 1.29 is 17.9 Å². The lowest BCUT2D eigenvalue weighted by molar-refractivity contribution is -0.137. The van der Waals surface area contributed by atoms with Crippen LogP contribution in [0, 0.1) is 0 Å². The number of nitrogens with two attached hydrogens (primary N) is 1. The zero-order chi connectivity index (χ0) is 22.5. The van der Waals surface area contributed by atoms with Gasteiger partial charge in [-0.1, -0.05) is 24.3 Å². The lowest BCUT2D eigenvalue weighted by Crippen LogP contribution is -2.27. The fourth-order valence-electron chi connectivity index (χ4n) is 4.07. The van der Waals surface area contributed by atoms with Crippen LogP contribution in [0.1, 0.15) is 22.9 Å². The van der Waals surface area contributed by atoms with Crippen LogP contribution in [0.4, 0.5) is 19.0 Å². The number of H-pyrrole nitrogens is 1. The maximum atomic E-state index is 13.4. The van der Waals surface area contributed by atoms with Crippen molar-refractivity contribution in [2.75, 3.05) is 18.9 Å². The maximum Gasteiger partial charge on any atom is 0.416 e. The number of hydrogen-bond donors (Lipinski definition) is 3. The van der Waals surface area contributed by atoms with Crippen LogP contribution in [0.5, 0.6) is 5.88 Å². The van der Waals surface area contributed by atoms with Crippen LogP contribution in [-0.2, 0) is 6.18 Å². The molecule has 0 saturated heterocycles. The van der Waals surface area contributed by atoms with Crippen molar-refractivity contribution in [2.24, 2.45) is 0 Å². The summed E-state index contributed by atoms with van der Waals surface area (Å²) in [6.07, 6.45) is -4.48. The predicted octanol–water partition coefficient (Wildman–Crippen LogP) is 3.39. The minimum absolute atomic E-state index is 0.0836. The fourth-order valence-corrected chi connectivity index (χ4v) is 4.07. The Morgan fingerprint density at radius 3 is 2.75 bits per heavy atom. The normalized spacial score (nSPS) is 16.4. The third-order valence-electron chi connectivity index (χ3n) is 5.41. The molecule has 0 aliphatic carbocycles. The van der Waals surface area contributed by atoms with E-state index < -0.39 is 23.5 Å². The molecule has 1 unspecified atom stereocenters. The molecule has 0 saturated carbocycles. The van der Waals surface area contributed by atoms with Crippen molar-refractivity contribution in [3.05, 3.63) is 81.9 Å². The van der Waals surface area contributed by atoms with Gasteiger partial charge in [0.15, 0.2) is 0 Å². The topological polar surface area (TPSA) is 98.0 Å². The second-order valence-corrected chi connectivity index (χ2v) is 7.42. The van der Waals surface area contributed by atoms with E-state index in [1.807, 2.05) is 30.3 Å². The van der Waals surface area contributed by atoms with Gasteiger partial charge in [0.2, 0.25) is 5.88 Å². The lowest BCUT2D eigenvalue weighted by Gasteiger charge is -2.22. The van der Waals surface area contributed by atoms with Gasteiger partial charge in [-0.05, 0) is 30.3 Å². The molecule has 1 aliphatic heterocycles. The van der Waals surface area contributed by atoms with Crippen LogP contribution in [0.15, 0.2) is 59.4 Å². The van der Waals surface area contributed by atoms with Crippen molar-refractivity contribution in [3.63, 3.8) is 0 Å². The van der Waals surface area contributed by atoms with Crippen LogP contribution >= 0.6 is 0 Å². The molecule has 0 spiro atoms. The first kappa shape index (κ1) is 20.1. The highest BCUT2D eigenvalue weighted by molar-refractivity contribution is 5.84. The molecule has 4 N–H and O–H groups in total. The average Bonchev–Trinajstić information content (AvgIpc) is 3.00. The molecule has 0 fully saturated rings. The van der Waals surface area contributed by atoms with Crippen molar-refractivity contribution in [1.29, 1.82) is 0 Å². The number of aromatic amines is 1. The molecule has 3 heterocycles. The van der Waals surface area contributed by atoms with E-state index in [1.54, 1.807) is 10.6 Å². The number of fused-ring (bicyclic) bond motifs is 2. The minimum atomic E-state index is -4.48. The summed E-state index contributed by atoms with van der Waals surface area (Å²) in [4.78, 5) is 18.2. The summed E-state index contributed by atoms with van der Waals surface area (Å²) >= 11 is 0. The Kier molecular flexibility index (Phi) is 4.66. The summed E-state index contributed by atoms with van der Waals surface area (Å²) in [5, 5.41) is 4.16. The molecule has 2 aromatic carbocycles. The molecule has 2 aromatic heterocycles. The molecule has 32 heavy (non-hydrogen) atoms. The van der Waals surface area contributed by atoms with E-state index in [2.05, 4.69) is 15.3 Å². The van der Waals surface area contributed by atoms with Gasteiger partial charge in [-0.25, -0.2) is 4.79 Å². The number of aromatic nitrogens is 3. The van der Waals surface area contributed by atoms with E-state index >= 15 is 0 Å². The van der Waals surface area contributed by atoms with Crippen LogP contribution in [0.3, 0.4) is 0 Å². The van der Waals surface area contributed by atoms with Crippen molar-refractivity contribution in [1.82, 2.24) is 19.9 Å². The Hall–Kier alpha value is -3.79. The molecule has 0 amide bonds. The van der Waals surface area contributed by atoms with E-state index in [0.29, 0.717) is 23.5 Å². The summed E-state index contributed by atoms with van der Waals surface area (Å²) in [7, 11) is 0. The fraction of sp³-hybridized carbons (Fsp3) is 0.182. The largest absolute Gasteiger partial charge is 0.476 e. The zero-order valence-electron chi connectivity index (χ0n) is 16.6. The SMILES string of the molecule is Nc1[nH]c(=O)nc2c1C(c1cc3ccccc3n1-c1cccc(C(F)(F)F)c1)NCCO2. The number of nitrogen functional groups attached to an aromatic ring is 1. The zero-order valence-corrected chi connectivity index (χ0v) is 16.6. The van der Waals surface area contributed by atoms with Crippen molar-refractivity contribution in [2.45, 2.75) is 12.2 Å². The number of halogens is 3. The molecular formula is C22H18F3N5O2. The van der Waals surface area contributed by atoms with Gasteiger partial charge >= 0.3 is 11.9 Å². The van der Waals surface area contributed by atoms with E-state index in [1.165, 1.54) is 6.07 Å². The number of rotatable bonds is 2. The second kappa shape index (κ2) is 7.41. The summed E-state index contributed by atoms with van der Waals surface area (Å²) in [6.45, 7) is 0.669. The van der Waals surface area contributed by atoms with Gasteiger partial charge in [0.25, 0.3) is 0 Å². The van der Waals surface area contributed by atoms with Crippen LogP contribution < -0.4 is 21.5 Å². The molecule has 1 atom stereocenters. The quantitative estimate of drug-likeness (QED) is 0.443. The minimum Gasteiger partial charge on any atom is -0.476 e. The van der Waals surface area contributed by atoms with Gasteiger partial charge in [-0.3, -0.25) is 4.98 Å². The highest BCUT2D eigenvalue weighted by atomic mass is 19.4. The molecule has 5 rings (SSSR count). The Bertz CT molecular complexity index is 1380. The first-order valence-electron chi connectivity index (χ1n) is 9.87. The smallest absolute Gasteiger partial charge is 0.416 e. The van der Waals surface area contributed by atoms with Crippen molar-refractivity contribution in [3.8, 4) is 11.6 Å². The number of nitrogens with zero attached hydrogens (tertiary/aromatic N) is 2. The van der Waals surface area contributed by atoms with Gasteiger partial charge in [0, 0.05) is 23.3 Å². The molecule has 10 heteroatoms. The number of alkyl halides is 3. The summed E-state index contributed by atoms with van der Waals surface area (Å²) in [5.74, 6) is 0.183. The molecule has 164 valence electrons. The number of hydrogen-bond acceptors (Lipinski definition) is 5. The molecule has 0 bridgehead atoms.